The molecule has 0 unspecified atom stereocenters. The zero-order valence-corrected chi connectivity index (χ0v) is 16.6. The SMILES string of the molecule is CCCOc1ccc(/C=C/C(=O)N2CCN(c3nccs3)CC2)cc1OC. The summed E-state index contributed by atoms with van der Waals surface area (Å²) in [6.45, 7) is 5.74. The smallest absolute Gasteiger partial charge is 0.246 e. The minimum absolute atomic E-state index is 0.0269. The minimum atomic E-state index is 0.0269. The fraction of sp³-hybridized carbons (Fsp3) is 0.400. The summed E-state index contributed by atoms with van der Waals surface area (Å²) >= 11 is 1.63. The van der Waals surface area contributed by atoms with E-state index in [-0.39, 0.29) is 5.91 Å². The Hall–Kier alpha value is -2.54. The van der Waals surface area contributed by atoms with Crippen molar-refractivity contribution in [1.29, 1.82) is 0 Å². The molecule has 6 nitrogen and oxygen atoms in total. The van der Waals surface area contributed by atoms with Gasteiger partial charge in [-0.1, -0.05) is 13.0 Å². The van der Waals surface area contributed by atoms with Crippen LogP contribution in [0.2, 0.25) is 0 Å². The number of aromatic nitrogens is 1. The molecule has 0 aliphatic carbocycles. The number of carbonyl (C=O) groups excluding carboxylic acids is 1. The van der Waals surface area contributed by atoms with Gasteiger partial charge in [-0.3, -0.25) is 4.79 Å². The molecule has 7 heteroatoms. The fourth-order valence-corrected chi connectivity index (χ4v) is 3.58. The number of hydrogen-bond acceptors (Lipinski definition) is 6. The first-order valence-electron chi connectivity index (χ1n) is 9.13. The summed E-state index contributed by atoms with van der Waals surface area (Å²) in [7, 11) is 1.62. The summed E-state index contributed by atoms with van der Waals surface area (Å²) in [5.41, 5.74) is 0.908. The number of nitrogens with zero attached hydrogens (tertiary/aromatic N) is 3. The molecule has 144 valence electrons. The van der Waals surface area contributed by atoms with Crippen LogP contribution >= 0.6 is 11.3 Å². The van der Waals surface area contributed by atoms with E-state index in [9.17, 15) is 4.79 Å². The van der Waals surface area contributed by atoms with Crippen molar-refractivity contribution in [2.45, 2.75) is 13.3 Å². The Labute approximate surface area is 164 Å². The van der Waals surface area contributed by atoms with Crippen LogP contribution in [-0.2, 0) is 4.79 Å². The van der Waals surface area contributed by atoms with Crippen molar-refractivity contribution in [2.24, 2.45) is 0 Å². The number of hydrogen-bond donors (Lipinski definition) is 0. The molecule has 1 aliphatic rings. The van der Waals surface area contributed by atoms with E-state index < -0.39 is 0 Å². The molecule has 27 heavy (non-hydrogen) atoms. The van der Waals surface area contributed by atoms with Crippen molar-refractivity contribution in [1.82, 2.24) is 9.88 Å². The van der Waals surface area contributed by atoms with Gasteiger partial charge in [-0.15, -0.1) is 11.3 Å². The van der Waals surface area contributed by atoms with Gasteiger partial charge in [0.25, 0.3) is 0 Å². The Balaban J connectivity index is 1.57. The summed E-state index contributed by atoms with van der Waals surface area (Å²) in [4.78, 5) is 20.9. The molecule has 0 bridgehead atoms. The largest absolute Gasteiger partial charge is 0.493 e. The molecular formula is C20H25N3O3S. The fourth-order valence-electron chi connectivity index (χ4n) is 2.88. The number of amides is 1. The molecule has 1 aromatic carbocycles. The molecule has 0 N–H and O–H groups in total. The van der Waals surface area contributed by atoms with Crippen LogP contribution in [0.25, 0.3) is 6.08 Å². The molecule has 0 radical (unpaired) electrons. The Morgan fingerprint density at radius 1 is 1.26 bits per heavy atom. The quantitative estimate of drug-likeness (QED) is 0.683. The summed E-state index contributed by atoms with van der Waals surface area (Å²) in [6.07, 6.45) is 6.20. The van der Waals surface area contributed by atoms with E-state index in [0.717, 1.165) is 36.0 Å². The van der Waals surface area contributed by atoms with E-state index in [2.05, 4.69) is 16.8 Å². The average molecular weight is 388 g/mol. The predicted molar refractivity (Wildman–Crippen MR) is 109 cm³/mol. The molecular weight excluding hydrogens is 362 g/mol. The van der Waals surface area contributed by atoms with Crippen LogP contribution in [0.3, 0.4) is 0 Å². The number of ether oxygens (including phenoxy) is 2. The third-order valence-corrected chi connectivity index (χ3v) is 5.18. The third kappa shape index (κ3) is 5.01. The number of rotatable bonds is 7. The van der Waals surface area contributed by atoms with E-state index in [1.54, 1.807) is 24.5 Å². The van der Waals surface area contributed by atoms with Gasteiger partial charge in [0.1, 0.15) is 0 Å². The second kappa shape index (κ2) is 9.41. The Morgan fingerprint density at radius 3 is 2.74 bits per heavy atom. The lowest BCUT2D eigenvalue weighted by atomic mass is 10.2. The first-order chi connectivity index (χ1) is 13.2. The number of benzene rings is 1. The minimum Gasteiger partial charge on any atom is -0.493 e. The monoisotopic (exact) mass is 387 g/mol. The van der Waals surface area contributed by atoms with Crippen LogP contribution in [0.1, 0.15) is 18.9 Å². The highest BCUT2D eigenvalue weighted by Crippen LogP contribution is 2.28. The van der Waals surface area contributed by atoms with E-state index in [1.807, 2.05) is 40.8 Å². The van der Waals surface area contributed by atoms with E-state index in [0.29, 0.717) is 25.4 Å². The zero-order chi connectivity index (χ0) is 19.1. The van der Waals surface area contributed by atoms with Gasteiger partial charge < -0.3 is 19.3 Å². The first-order valence-corrected chi connectivity index (χ1v) is 10.0. The van der Waals surface area contributed by atoms with Crippen LogP contribution in [0, 0.1) is 0 Å². The summed E-state index contributed by atoms with van der Waals surface area (Å²) < 4.78 is 11.0. The summed E-state index contributed by atoms with van der Waals surface area (Å²) in [6, 6.07) is 5.69. The van der Waals surface area contributed by atoms with Crippen LogP contribution in [0.15, 0.2) is 35.9 Å². The summed E-state index contributed by atoms with van der Waals surface area (Å²) in [5, 5.41) is 3.00. The molecule has 1 saturated heterocycles. The Morgan fingerprint density at radius 2 is 2.07 bits per heavy atom. The molecule has 1 aromatic heterocycles. The van der Waals surface area contributed by atoms with Crippen molar-refractivity contribution in [3.8, 4) is 11.5 Å². The molecule has 2 heterocycles. The van der Waals surface area contributed by atoms with Crippen LogP contribution in [-0.4, -0.2) is 55.7 Å². The van der Waals surface area contributed by atoms with Crippen molar-refractivity contribution in [3.63, 3.8) is 0 Å². The molecule has 0 saturated carbocycles. The van der Waals surface area contributed by atoms with Gasteiger partial charge in [0.15, 0.2) is 16.6 Å². The topological polar surface area (TPSA) is 54.9 Å². The molecule has 1 aliphatic heterocycles. The highest BCUT2D eigenvalue weighted by molar-refractivity contribution is 7.13. The Bertz CT molecular complexity index is 769. The molecule has 0 spiro atoms. The number of carbonyl (C=O) groups is 1. The zero-order valence-electron chi connectivity index (χ0n) is 15.8. The standard InChI is InChI=1S/C20H25N3O3S/c1-3-13-26-17-6-4-16(15-18(17)25-2)5-7-19(24)22-9-11-23(12-10-22)20-21-8-14-27-20/h4-8,14-15H,3,9-13H2,1-2H3/b7-5+. The van der Waals surface area contributed by atoms with Crippen molar-refractivity contribution < 1.29 is 14.3 Å². The van der Waals surface area contributed by atoms with Gasteiger partial charge in [-0.05, 0) is 30.2 Å². The summed E-state index contributed by atoms with van der Waals surface area (Å²) in [5.74, 6) is 1.43. The second-order valence-electron chi connectivity index (χ2n) is 6.22. The Kier molecular flexibility index (Phi) is 6.70. The normalized spacial score (nSPS) is 14.6. The number of anilines is 1. The van der Waals surface area contributed by atoms with E-state index in [1.165, 1.54) is 0 Å². The van der Waals surface area contributed by atoms with Crippen LogP contribution in [0.5, 0.6) is 11.5 Å². The van der Waals surface area contributed by atoms with Gasteiger partial charge in [-0.25, -0.2) is 4.98 Å². The lowest BCUT2D eigenvalue weighted by Crippen LogP contribution is -2.48. The van der Waals surface area contributed by atoms with Crippen LogP contribution in [0.4, 0.5) is 5.13 Å². The van der Waals surface area contributed by atoms with Gasteiger partial charge >= 0.3 is 0 Å². The maximum atomic E-state index is 12.5. The van der Waals surface area contributed by atoms with Crippen LogP contribution < -0.4 is 14.4 Å². The van der Waals surface area contributed by atoms with Crippen molar-refractivity contribution in [2.75, 3.05) is 44.8 Å². The molecule has 2 aromatic rings. The number of methoxy groups -OCH3 is 1. The third-order valence-electron chi connectivity index (χ3n) is 4.35. The van der Waals surface area contributed by atoms with E-state index in [4.69, 9.17) is 9.47 Å². The number of thiazole rings is 1. The average Bonchev–Trinajstić information content (AvgIpc) is 3.25. The highest BCUT2D eigenvalue weighted by atomic mass is 32.1. The molecule has 3 rings (SSSR count). The lowest BCUT2D eigenvalue weighted by molar-refractivity contribution is -0.126. The maximum Gasteiger partial charge on any atom is 0.246 e. The van der Waals surface area contributed by atoms with Gasteiger partial charge in [0, 0.05) is 43.8 Å². The molecule has 0 atom stereocenters. The lowest BCUT2D eigenvalue weighted by Gasteiger charge is -2.34. The second-order valence-corrected chi connectivity index (χ2v) is 7.09. The predicted octanol–water partition coefficient (Wildman–Crippen LogP) is 3.30. The van der Waals surface area contributed by atoms with Crippen molar-refractivity contribution in [3.05, 3.63) is 41.4 Å². The molecule has 1 amide bonds. The van der Waals surface area contributed by atoms with Gasteiger partial charge in [0.2, 0.25) is 5.91 Å². The van der Waals surface area contributed by atoms with E-state index >= 15 is 0 Å². The maximum absolute atomic E-state index is 12.5. The molecule has 1 fully saturated rings. The highest BCUT2D eigenvalue weighted by Gasteiger charge is 2.20. The van der Waals surface area contributed by atoms with Gasteiger partial charge in [0.05, 0.1) is 13.7 Å². The number of piperazine rings is 1. The first kappa shape index (κ1) is 19.2. The van der Waals surface area contributed by atoms with Crippen molar-refractivity contribution >= 4 is 28.5 Å². The van der Waals surface area contributed by atoms with Gasteiger partial charge in [-0.2, -0.15) is 0 Å².